The first-order chi connectivity index (χ1) is 10.8. The molecule has 2 aromatic rings. The van der Waals surface area contributed by atoms with Crippen molar-refractivity contribution in [3.63, 3.8) is 0 Å². The molecule has 0 saturated carbocycles. The first-order valence-corrected chi connectivity index (χ1v) is 8.49. The third kappa shape index (κ3) is 2.87. The Labute approximate surface area is 134 Å². The maximum absolute atomic E-state index is 12.4. The molecular formula is C16H16N2O4S. The summed E-state index contributed by atoms with van der Waals surface area (Å²) in [6, 6.07) is 12.9. The number of para-hydroxylation sites is 1. The van der Waals surface area contributed by atoms with Gasteiger partial charge in [-0.2, -0.15) is 0 Å². The number of anilines is 2. The molecule has 0 bridgehead atoms. The Morgan fingerprint density at radius 1 is 1.04 bits per heavy atom. The van der Waals surface area contributed by atoms with Gasteiger partial charge in [-0.1, -0.05) is 24.3 Å². The molecule has 0 aromatic heterocycles. The van der Waals surface area contributed by atoms with E-state index in [1.807, 2.05) is 0 Å². The Bertz CT molecular complexity index is 861. The molecule has 0 fully saturated rings. The number of carbonyl (C=O) groups is 1. The van der Waals surface area contributed by atoms with E-state index in [9.17, 15) is 13.2 Å². The van der Waals surface area contributed by atoms with Crippen LogP contribution in [0.2, 0.25) is 0 Å². The second-order valence-electron chi connectivity index (χ2n) is 5.66. The van der Waals surface area contributed by atoms with Gasteiger partial charge in [-0.25, -0.2) is 8.42 Å². The van der Waals surface area contributed by atoms with Gasteiger partial charge in [0.1, 0.15) is 11.4 Å². The third-order valence-corrected chi connectivity index (χ3v) is 4.86. The van der Waals surface area contributed by atoms with Gasteiger partial charge in [0.15, 0.2) is 5.60 Å². The number of rotatable bonds is 3. The monoisotopic (exact) mass is 332 g/mol. The summed E-state index contributed by atoms with van der Waals surface area (Å²) in [5, 5.41) is 2.70. The molecule has 0 spiro atoms. The van der Waals surface area contributed by atoms with Crippen LogP contribution in [0.1, 0.15) is 13.8 Å². The van der Waals surface area contributed by atoms with Gasteiger partial charge >= 0.3 is 0 Å². The highest BCUT2D eigenvalue weighted by Gasteiger charge is 2.36. The summed E-state index contributed by atoms with van der Waals surface area (Å²) in [6.45, 7) is 3.29. The second-order valence-corrected chi connectivity index (χ2v) is 7.35. The lowest BCUT2D eigenvalue weighted by Gasteiger charge is -2.32. The highest BCUT2D eigenvalue weighted by molar-refractivity contribution is 7.92. The molecule has 23 heavy (non-hydrogen) atoms. The van der Waals surface area contributed by atoms with Crippen LogP contribution < -0.4 is 14.8 Å². The molecule has 0 unspecified atom stereocenters. The second kappa shape index (κ2) is 5.27. The number of nitrogens with one attached hydrogen (secondary N) is 2. The Kier molecular flexibility index (Phi) is 3.52. The Hall–Kier alpha value is -2.54. The van der Waals surface area contributed by atoms with Crippen LogP contribution in [0, 0.1) is 0 Å². The van der Waals surface area contributed by atoms with Gasteiger partial charge in [0.25, 0.3) is 15.9 Å². The third-order valence-electron chi connectivity index (χ3n) is 3.47. The number of hydrogen-bond acceptors (Lipinski definition) is 4. The smallest absolute Gasteiger partial charge is 0.268 e. The highest BCUT2D eigenvalue weighted by atomic mass is 32.2. The first kappa shape index (κ1) is 15.4. The van der Waals surface area contributed by atoms with E-state index in [0.717, 1.165) is 0 Å². The van der Waals surface area contributed by atoms with Crippen LogP contribution in [0.5, 0.6) is 5.75 Å². The Balaban J connectivity index is 1.99. The summed E-state index contributed by atoms with van der Waals surface area (Å²) in [6.07, 6.45) is 0. The largest absolute Gasteiger partial charge is 0.476 e. The van der Waals surface area contributed by atoms with Gasteiger partial charge < -0.3 is 10.1 Å². The van der Waals surface area contributed by atoms with E-state index in [-0.39, 0.29) is 16.5 Å². The molecular weight excluding hydrogens is 316 g/mol. The average molecular weight is 332 g/mol. The number of fused-ring (bicyclic) bond motifs is 1. The number of carbonyl (C=O) groups excluding carboxylic acids is 1. The molecule has 0 saturated heterocycles. The fraction of sp³-hybridized carbons (Fsp3) is 0.188. The van der Waals surface area contributed by atoms with Crippen LogP contribution in [-0.2, 0) is 14.8 Å². The molecule has 0 radical (unpaired) electrons. The lowest BCUT2D eigenvalue weighted by atomic mass is 10.1. The molecule has 7 heteroatoms. The van der Waals surface area contributed by atoms with Gasteiger partial charge in [-0.3, -0.25) is 9.52 Å². The van der Waals surface area contributed by atoms with E-state index in [1.54, 1.807) is 50.2 Å². The minimum atomic E-state index is -3.75. The van der Waals surface area contributed by atoms with Gasteiger partial charge in [0, 0.05) is 0 Å². The molecule has 1 aliphatic heterocycles. The predicted octanol–water partition coefficient (Wildman–Crippen LogP) is 2.60. The normalized spacial score (nSPS) is 16.0. The van der Waals surface area contributed by atoms with E-state index in [2.05, 4.69) is 10.0 Å². The summed E-state index contributed by atoms with van der Waals surface area (Å²) in [4.78, 5) is 12.2. The zero-order chi connectivity index (χ0) is 16.7. The lowest BCUT2D eigenvalue weighted by molar-refractivity contribution is -0.129. The summed E-state index contributed by atoms with van der Waals surface area (Å²) >= 11 is 0. The van der Waals surface area contributed by atoms with Crippen molar-refractivity contribution >= 4 is 27.3 Å². The molecule has 1 heterocycles. The van der Waals surface area contributed by atoms with Crippen molar-refractivity contribution in [2.75, 3.05) is 10.0 Å². The van der Waals surface area contributed by atoms with E-state index in [4.69, 9.17) is 4.74 Å². The average Bonchev–Trinajstić information content (AvgIpc) is 2.49. The van der Waals surface area contributed by atoms with Crippen LogP contribution >= 0.6 is 0 Å². The fourth-order valence-corrected chi connectivity index (χ4v) is 3.31. The maximum Gasteiger partial charge on any atom is 0.268 e. The summed E-state index contributed by atoms with van der Waals surface area (Å²) in [5.41, 5.74) is -0.434. The molecule has 1 amide bonds. The van der Waals surface area contributed by atoms with Crippen molar-refractivity contribution < 1.29 is 17.9 Å². The summed E-state index contributed by atoms with van der Waals surface area (Å²) < 4.78 is 33.0. The van der Waals surface area contributed by atoms with Crippen LogP contribution in [-0.4, -0.2) is 19.9 Å². The number of hydrogen-bond donors (Lipinski definition) is 2. The van der Waals surface area contributed by atoms with Crippen LogP contribution in [0.3, 0.4) is 0 Å². The van der Waals surface area contributed by atoms with E-state index in [0.29, 0.717) is 11.4 Å². The Morgan fingerprint density at radius 3 is 2.43 bits per heavy atom. The molecule has 2 N–H and O–H groups in total. The minimum absolute atomic E-state index is 0.140. The van der Waals surface area contributed by atoms with Crippen LogP contribution in [0.15, 0.2) is 53.4 Å². The topological polar surface area (TPSA) is 84.5 Å². The number of amides is 1. The minimum Gasteiger partial charge on any atom is -0.476 e. The van der Waals surface area contributed by atoms with Crippen molar-refractivity contribution in [2.24, 2.45) is 0 Å². The quantitative estimate of drug-likeness (QED) is 0.905. The number of sulfonamides is 1. The van der Waals surface area contributed by atoms with Crippen molar-refractivity contribution in [1.29, 1.82) is 0 Å². The zero-order valence-corrected chi connectivity index (χ0v) is 13.5. The van der Waals surface area contributed by atoms with Crippen molar-refractivity contribution in [3.05, 3.63) is 48.5 Å². The molecule has 0 aliphatic carbocycles. The predicted molar refractivity (Wildman–Crippen MR) is 87.0 cm³/mol. The lowest BCUT2D eigenvalue weighted by Crippen LogP contribution is -2.45. The van der Waals surface area contributed by atoms with Crippen molar-refractivity contribution in [3.8, 4) is 5.75 Å². The molecule has 1 aliphatic rings. The number of ether oxygens (including phenoxy) is 1. The van der Waals surface area contributed by atoms with Crippen molar-refractivity contribution in [1.82, 2.24) is 0 Å². The van der Waals surface area contributed by atoms with Crippen LogP contribution in [0.25, 0.3) is 0 Å². The van der Waals surface area contributed by atoms with Gasteiger partial charge in [-0.05, 0) is 38.1 Å². The van der Waals surface area contributed by atoms with Crippen LogP contribution in [0.4, 0.5) is 11.4 Å². The summed E-state index contributed by atoms with van der Waals surface area (Å²) in [5.74, 6) is 0.0826. The summed E-state index contributed by atoms with van der Waals surface area (Å²) in [7, 11) is -3.75. The van der Waals surface area contributed by atoms with E-state index in [1.165, 1.54) is 12.1 Å². The van der Waals surface area contributed by atoms with Crippen molar-refractivity contribution in [2.45, 2.75) is 24.3 Å². The molecule has 0 atom stereocenters. The molecule has 3 rings (SSSR count). The van der Waals surface area contributed by atoms with Gasteiger partial charge in [0.05, 0.1) is 10.6 Å². The Morgan fingerprint density at radius 2 is 1.74 bits per heavy atom. The maximum atomic E-state index is 12.4. The molecule has 6 nitrogen and oxygen atoms in total. The van der Waals surface area contributed by atoms with Gasteiger partial charge in [-0.15, -0.1) is 0 Å². The number of benzene rings is 2. The SMILES string of the molecule is CC1(C)Oc2cccc(NS(=O)(=O)c3ccccc3)c2NC1=O. The fourth-order valence-electron chi connectivity index (χ4n) is 2.22. The first-order valence-electron chi connectivity index (χ1n) is 7.01. The zero-order valence-electron chi connectivity index (χ0n) is 12.7. The highest BCUT2D eigenvalue weighted by Crippen LogP contribution is 2.39. The van der Waals surface area contributed by atoms with E-state index < -0.39 is 15.6 Å². The molecule has 120 valence electrons. The van der Waals surface area contributed by atoms with Gasteiger partial charge in [0.2, 0.25) is 0 Å². The standard InChI is InChI=1S/C16H16N2O4S/c1-16(2)15(19)17-14-12(9-6-10-13(14)22-16)18-23(20,21)11-7-4-3-5-8-11/h3-10,18H,1-2H3,(H,17,19). The van der Waals surface area contributed by atoms with E-state index >= 15 is 0 Å². The molecule has 2 aromatic carbocycles.